The molecule has 44 heavy (non-hydrogen) atoms. The van der Waals surface area contributed by atoms with E-state index >= 15 is 0 Å². The number of phosphoric acid groups is 1. The number of carbonyl (C=O) groups excluding carboxylic acids is 2. The maximum absolute atomic E-state index is 13.5. The van der Waals surface area contributed by atoms with Crippen LogP contribution in [0.2, 0.25) is 0 Å². The molecule has 0 aromatic carbocycles. The van der Waals surface area contributed by atoms with E-state index < -0.39 is 55.4 Å². The van der Waals surface area contributed by atoms with Crippen molar-refractivity contribution >= 4 is 74.6 Å². The van der Waals surface area contributed by atoms with E-state index in [0.717, 1.165) is 36.0 Å². The molecule has 15 nitrogen and oxygen atoms in total. The summed E-state index contributed by atoms with van der Waals surface area (Å²) < 4.78 is 42.6. The Morgan fingerprint density at radius 2 is 1.66 bits per heavy atom. The zero-order chi connectivity index (χ0) is 33.0. The third kappa shape index (κ3) is 8.96. The summed E-state index contributed by atoms with van der Waals surface area (Å²) in [4.78, 5) is 47.4. The van der Waals surface area contributed by atoms with Gasteiger partial charge in [0.1, 0.15) is 30.8 Å². The van der Waals surface area contributed by atoms with E-state index in [1.807, 2.05) is 0 Å². The molecule has 0 saturated carbocycles. The number of nitrogens with zero attached hydrogens (tertiary/aromatic N) is 3. The number of imidazole rings is 1. The number of aromatic nitrogens is 4. The number of aliphatic hydroxyl groups excluding tert-OH is 1. The number of phosphoric ester groups is 1. The second kappa shape index (κ2) is 14.5. The van der Waals surface area contributed by atoms with Crippen molar-refractivity contribution in [2.75, 3.05) is 19.5 Å². The maximum atomic E-state index is 13.5. The zero-order valence-electron chi connectivity index (χ0n) is 25.0. The van der Waals surface area contributed by atoms with Crippen molar-refractivity contribution in [2.24, 2.45) is 10.8 Å². The Balaban J connectivity index is 1.80. The van der Waals surface area contributed by atoms with Crippen LogP contribution in [-0.4, -0.2) is 66.9 Å². The number of ether oxygens (including phenoxy) is 2. The molecule has 244 valence electrons. The van der Waals surface area contributed by atoms with Crippen LogP contribution in [0, 0.1) is 10.8 Å². The molecule has 2 aromatic heterocycles. The Kier molecular flexibility index (Phi) is 12.0. The van der Waals surface area contributed by atoms with Gasteiger partial charge in [0.15, 0.2) is 32.4 Å². The summed E-state index contributed by atoms with van der Waals surface area (Å²) in [6.45, 7) is 9.97. The molecule has 1 aliphatic heterocycles. The summed E-state index contributed by atoms with van der Waals surface area (Å²) in [5.74, 6) is -0.162. The molecule has 1 saturated heterocycles. The fourth-order valence-corrected chi connectivity index (χ4v) is 6.31. The average molecular weight is 741 g/mol. The molecule has 3 heterocycles. The lowest BCUT2D eigenvalue weighted by molar-refractivity contribution is -0.118. The molecule has 3 rings (SSSR count). The van der Waals surface area contributed by atoms with Crippen LogP contribution in [0.25, 0.3) is 11.2 Å². The van der Waals surface area contributed by atoms with Gasteiger partial charge in [-0.05, 0) is 15.9 Å². The van der Waals surface area contributed by atoms with Crippen molar-refractivity contribution < 1.29 is 42.3 Å². The van der Waals surface area contributed by atoms with Crippen molar-refractivity contribution in [1.82, 2.24) is 19.5 Å². The number of hydrogen-bond donors (Lipinski definition) is 3. The predicted octanol–water partition coefficient (Wildman–Crippen LogP) is 4.45. The lowest BCUT2D eigenvalue weighted by atomic mass is 9.99. The first-order valence-electron chi connectivity index (χ1n) is 13.0. The molecule has 0 unspecified atom stereocenters. The summed E-state index contributed by atoms with van der Waals surface area (Å²) in [5, 5.41) is 13.3. The van der Waals surface area contributed by atoms with Crippen molar-refractivity contribution in [3.8, 4) is 0 Å². The molecule has 2 aromatic rings. The average Bonchev–Trinajstić information content (AvgIpc) is 3.41. The number of nitrogens with two attached hydrogens (primary N) is 1. The first kappa shape index (κ1) is 36.3. The van der Waals surface area contributed by atoms with Crippen molar-refractivity contribution in [2.45, 2.75) is 66.1 Å². The monoisotopic (exact) mass is 739 g/mol. The van der Waals surface area contributed by atoms with Crippen LogP contribution < -0.4 is 11.3 Å². The highest BCUT2D eigenvalue weighted by Crippen LogP contribution is 2.51. The topological polar surface area (TPSA) is 207 Å². The highest BCUT2D eigenvalue weighted by Gasteiger charge is 2.48. The highest BCUT2D eigenvalue weighted by atomic mass is 79.9. The second-order valence-corrected chi connectivity index (χ2v) is 15.5. The van der Waals surface area contributed by atoms with E-state index in [1.54, 1.807) is 41.5 Å². The second-order valence-electron chi connectivity index (χ2n) is 11.4. The molecule has 0 radical (unpaired) electrons. The number of aliphatic hydroxyl groups is 1. The van der Waals surface area contributed by atoms with Gasteiger partial charge in [-0.3, -0.25) is 28.5 Å². The molecule has 0 amide bonds. The number of hydrogen-bond acceptors (Lipinski definition) is 15. The van der Waals surface area contributed by atoms with Gasteiger partial charge in [0.2, 0.25) is 5.95 Å². The molecule has 19 heteroatoms. The van der Waals surface area contributed by atoms with E-state index in [0.29, 0.717) is 0 Å². The summed E-state index contributed by atoms with van der Waals surface area (Å²) in [5.41, 5.74) is 3.92. The van der Waals surface area contributed by atoms with Crippen LogP contribution >= 0.6 is 47.3 Å². The van der Waals surface area contributed by atoms with E-state index in [1.165, 1.54) is 22.5 Å². The minimum atomic E-state index is -4.43. The molecular formula is C25H35BrN5O10PS2. The summed E-state index contributed by atoms with van der Waals surface area (Å²) in [6.07, 6.45) is -2.57. The van der Waals surface area contributed by atoms with Crippen molar-refractivity contribution in [3.63, 3.8) is 0 Å². The molecule has 1 aliphatic rings. The Labute approximate surface area is 270 Å². The normalized spacial score (nSPS) is 22.6. The number of nitrogens with one attached hydrogen (secondary N) is 1. The minimum Gasteiger partial charge on any atom is -0.402 e. The molecule has 1 fully saturated rings. The van der Waals surface area contributed by atoms with E-state index in [9.17, 15) is 24.1 Å². The van der Waals surface area contributed by atoms with Gasteiger partial charge in [0.25, 0.3) is 5.56 Å². The number of nitrogen functional groups attached to an aromatic ring is 1. The summed E-state index contributed by atoms with van der Waals surface area (Å²) >= 11 is 4.94. The van der Waals surface area contributed by atoms with Crippen LogP contribution in [0.5, 0.6) is 0 Å². The highest BCUT2D eigenvalue weighted by molar-refractivity contribution is 9.10. The third-order valence-electron chi connectivity index (χ3n) is 5.83. The number of rotatable bonds is 11. The van der Waals surface area contributed by atoms with Gasteiger partial charge in [-0.25, -0.2) is 9.55 Å². The van der Waals surface area contributed by atoms with Gasteiger partial charge in [-0.15, -0.1) is 0 Å². The zero-order valence-corrected chi connectivity index (χ0v) is 29.1. The van der Waals surface area contributed by atoms with Crippen molar-refractivity contribution in [1.29, 1.82) is 0 Å². The van der Waals surface area contributed by atoms with Gasteiger partial charge in [0.05, 0.1) is 6.61 Å². The Morgan fingerprint density at radius 3 is 2.16 bits per heavy atom. The number of H-pyrrole nitrogens is 1. The number of methoxy groups -OCH3 is 1. The number of halogens is 1. The van der Waals surface area contributed by atoms with E-state index in [4.69, 9.17) is 28.8 Å². The first-order valence-corrected chi connectivity index (χ1v) is 17.0. The lowest BCUT2D eigenvalue weighted by Crippen LogP contribution is -2.35. The third-order valence-corrected chi connectivity index (χ3v) is 9.76. The minimum absolute atomic E-state index is 0.0331. The largest absolute Gasteiger partial charge is 0.586 e. The lowest BCUT2D eigenvalue weighted by Gasteiger charge is -2.20. The van der Waals surface area contributed by atoms with Gasteiger partial charge in [-0.2, -0.15) is 4.98 Å². The quantitative estimate of drug-likeness (QED) is 0.165. The summed E-state index contributed by atoms with van der Waals surface area (Å²) in [7, 11) is -3.08. The molecule has 0 aliphatic carbocycles. The number of thioether (sulfide) groups is 2. The molecule has 4 N–H and O–H groups in total. The smallest absolute Gasteiger partial charge is 0.402 e. The van der Waals surface area contributed by atoms with Gasteiger partial charge in [0, 0.05) is 28.8 Å². The number of aromatic amines is 1. The Hall–Kier alpha value is -2.18. The Bertz CT molecular complexity index is 1490. The van der Waals surface area contributed by atoms with Crippen LogP contribution in [0.4, 0.5) is 5.95 Å². The predicted molar refractivity (Wildman–Crippen MR) is 169 cm³/mol. The van der Waals surface area contributed by atoms with E-state index in [-0.39, 0.29) is 32.1 Å². The standard InChI is InChI=1S/C25H35BrN5O10PS2/c1-24(2,3)20(34)43-10-8-38-42(36,39-9-11-44-21(35)25(4,5)6)40-12-13-15(32)16(37-7)19(41-13)31-17-14(28-22(31)26)18(33)30-23(27)29-17/h8-11,13,15-16,19,32H,12H2,1-7H3,(H3,27,29,30,33)/t13-,15-,16-,19-,42?/m1/s1. The van der Waals surface area contributed by atoms with Crippen LogP contribution in [0.3, 0.4) is 0 Å². The summed E-state index contributed by atoms with van der Waals surface area (Å²) in [6, 6.07) is 0. The van der Waals surface area contributed by atoms with Crippen LogP contribution in [-0.2, 0) is 37.2 Å². The number of fused-ring (bicyclic) bond motifs is 1. The fourth-order valence-electron chi connectivity index (χ4n) is 3.50. The van der Waals surface area contributed by atoms with Crippen LogP contribution in [0.15, 0.2) is 32.9 Å². The van der Waals surface area contributed by atoms with Gasteiger partial charge >= 0.3 is 7.82 Å². The molecule has 4 atom stereocenters. The molecular weight excluding hydrogens is 705 g/mol. The SMILES string of the molecule is CO[C@@H]1[C@H](O)[C@@H](COP(=O)(OC=CSC(=O)C(C)(C)C)OC=CSC(=O)C(C)(C)C)O[C@H]1n1c(Br)nc2c(=O)[nH]c(N)nc21. The van der Waals surface area contributed by atoms with Crippen molar-refractivity contribution in [3.05, 3.63) is 38.4 Å². The number of anilines is 1. The fraction of sp³-hybridized carbons (Fsp3) is 0.560. The Morgan fingerprint density at radius 1 is 1.11 bits per heavy atom. The van der Waals surface area contributed by atoms with Gasteiger partial charge in [-0.1, -0.05) is 65.1 Å². The first-order chi connectivity index (χ1) is 20.4. The maximum Gasteiger partial charge on any atom is 0.586 e. The molecule has 0 spiro atoms. The molecule has 0 bridgehead atoms. The number of carbonyl (C=O) groups is 2. The van der Waals surface area contributed by atoms with Gasteiger partial charge < -0.3 is 29.4 Å². The van der Waals surface area contributed by atoms with Crippen LogP contribution in [0.1, 0.15) is 47.8 Å². The van der Waals surface area contributed by atoms with E-state index in [2.05, 4.69) is 30.9 Å².